The molecule has 0 unspecified atom stereocenters. The predicted octanol–water partition coefficient (Wildman–Crippen LogP) is 4.01. The summed E-state index contributed by atoms with van der Waals surface area (Å²) in [6.07, 6.45) is 1.66. The summed E-state index contributed by atoms with van der Waals surface area (Å²) in [6, 6.07) is 19.3. The quantitative estimate of drug-likeness (QED) is 0.608. The number of pyridine rings is 1. The number of carbonyl (C=O) groups excluding carboxylic acids is 1. The van der Waals surface area contributed by atoms with Gasteiger partial charge in [-0.2, -0.15) is 10.2 Å². The minimum Gasteiger partial charge on any atom is -0.434 e. The van der Waals surface area contributed by atoms with E-state index in [9.17, 15) is 4.79 Å². The van der Waals surface area contributed by atoms with Gasteiger partial charge in [-0.15, -0.1) is 0 Å². The molecule has 0 radical (unpaired) electrons. The van der Waals surface area contributed by atoms with E-state index in [1.165, 1.54) is 0 Å². The standard InChI is InChI=1S/C20H12N4O2/c21-12-13-3-5-14(6-4-13)19(25)23-16-9-7-15(8-10-16)20-24-18-17(26-20)2-1-11-22-18/h1-11H,(H,23,25). The Morgan fingerprint density at radius 3 is 2.50 bits per heavy atom. The summed E-state index contributed by atoms with van der Waals surface area (Å²) in [5.74, 6) is 0.233. The van der Waals surface area contributed by atoms with E-state index in [1.54, 1.807) is 48.7 Å². The lowest BCUT2D eigenvalue weighted by atomic mass is 10.1. The van der Waals surface area contributed by atoms with Crippen LogP contribution < -0.4 is 5.32 Å². The molecule has 0 saturated carbocycles. The molecule has 0 aliphatic carbocycles. The summed E-state index contributed by atoms with van der Waals surface area (Å²) < 4.78 is 5.68. The van der Waals surface area contributed by atoms with E-state index in [2.05, 4.69) is 15.3 Å². The fourth-order valence-electron chi connectivity index (χ4n) is 2.49. The van der Waals surface area contributed by atoms with Crippen LogP contribution in [0.5, 0.6) is 0 Å². The van der Waals surface area contributed by atoms with Crippen molar-refractivity contribution in [1.29, 1.82) is 5.26 Å². The zero-order valence-corrected chi connectivity index (χ0v) is 13.5. The molecule has 4 rings (SSSR count). The molecular weight excluding hydrogens is 328 g/mol. The fourth-order valence-corrected chi connectivity index (χ4v) is 2.49. The number of hydrogen-bond donors (Lipinski definition) is 1. The molecule has 0 spiro atoms. The number of nitrogens with zero attached hydrogens (tertiary/aromatic N) is 3. The first-order valence-corrected chi connectivity index (χ1v) is 7.86. The normalized spacial score (nSPS) is 10.4. The lowest BCUT2D eigenvalue weighted by Crippen LogP contribution is -2.11. The van der Waals surface area contributed by atoms with E-state index in [4.69, 9.17) is 9.68 Å². The van der Waals surface area contributed by atoms with E-state index >= 15 is 0 Å². The first kappa shape index (κ1) is 15.5. The zero-order chi connectivity index (χ0) is 17.9. The molecule has 0 saturated heterocycles. The molecule has 2 aromatic carbocycles. The summed E-state index contributed by atoms with van der Waals surface area (Å²) in [6.45, 7) is 0. The number of amides is 1. The number of hydrogen-bond acceptors (Lipinski definition) is 5. The Balaban J connectivity index is 1.52. The van der Waals surface area contributed by atoms with Crippen molar-refractivity contribution < 1.29 is 9.21 Å². The minimum absolute atomic E-state index is 0.242. The molecule has 0 fully saturated rings. The summed E-state index contributed by atoms with van der Waals surface area (Å²) in [5, 5.41) is 11.6. The largest absolute Gasteiger partial charge is 0.434 e. The van der Waals surface area contributed by atoms with Crippen molar-refractivity contribution in [2.75, 3.05) is 5.32 Å². The van der Waals surface area contributed by atoms with Crippen LogP contribution in [0, 0.1) is 11.3 Å². The second kappa shape index (κ2) is 6.49. The van der Waals surface area contributed by atoms with Crippen LogP contribution in [0.4, 0.5) is 5.69 Å². The van der Waals surface area contributed by atoms with Crippen molar-refractivity contribution in [2.24, 2.45) is 0 Å². The molecule has 1 amide bonds. The van der Waals surface area contributed by atoms with Crippen molar-refractivity contribution in [3.63, 3.8) is 0 Å². The van der Waals surface area contributed by atoms with Gasteiger partial charge in [-0.25, -0.2) is 4.98 Å². The maximum absolute atomic E-state index is 12.3. The van der Waals surface area contributed by atoms with Crippen LogP contribution in [0.1, 0.15) is 15.9 Å². The molecule has 2 heterocycles. The van der Waals surface area contributed by atoms with Gasteiger partial charge < -0.3 is 9.73 Å². The SMILES string of the molecule is N#Cc1ccc(C(=O)Nc2ccc(-c3nc4ncccc4o3)cc2)cc1. The van der Waals surface area contributed by atoms with E-state index in [0.717, 1.165) is 5.56 Å². The molecule has 1 N–H and O–H groups in total. The van der Waals surface area contributed by atoms with Gasteiger partial charge in [0.05, 0.1) is 11.6 Å². The Labute approximate surface area is 148 Å². The zero-order valence-electron chi connectivity index (χ0n) is 13.5. The van der Waals surface area contributed by atoms with Gasteiger partial charge in [-0.3, -0.25) is 4.79 Å². The molecule has 124 valence electrons. The third-order valence-electron chi connectivity index (χ3n) is 3.83. The number of benzene rings is 2. The summed E-state index contributed by atoms with van der Waals surface area (Å²) >= 11 is 0. The Kier molecular flexibility index (Phi) is 3.88. The van der Waals surface area contributed by atoms with Crippen molar-refractivity contribution in [2.45, 2.75) is 0 Å². The van der Waals surface area contributed by atoms with Crippen LogP contribution in [-0.2, 0) is 0 Å². The van der Waals surface area contributed by atoms with Crippen LogP contribution in [0.25, 0.3) is 22.7 Å². The Bertz CT molecular complexity index is 1090. The van der Waals surface area contributed by atoms with Gasteiger partial charge in [0.25, 0.3) is 5.91 Å². The number of rotatable bonds is 3. The number of anilines is 1. The highest BCUT2D eigenvalue weighted by Gasteiger charge is 2.10. The van der Waals surface area contributed by atoms with E-state index in [1.807, 2.05) is 24.3 Å². The van der Waals surface area contributed by atoms with Gasteiger partial charge in [-0.05, 0) is 60.7 Å². The minimum atomic E-state index is -0.242. The first-order valence-electron chi connectivity index (χ1n) is 7.86. The Morgan fingerprint density at radius 2 is 1.81 bits per heavy atom. The predicted molar refractivity (Wildman–Crippen MR) is 96.4 cm³/mol. The van der Waals surface area contributed by atoms with Crippen molar-refractivity contribution in [3.8, 4) is 17.5 Å². The van der Waals surface area contributed by atoms with Crippen molar-refractivity contribution in [1.82, 2.24) is 9.97 Å². The smallest absolute Gasteiger partial charge is 0.255 e. The molecule has 0 aliphatic rings. The van der Waals surface area contributed by atoms with Gasteiger partial charge in [0, 0.05) is 23.0 Å². The average molecular weight is 340 g/mol. The molecule has 6 nitrogen and oxygen atoms in total. The summed E-state index contributed by atoms with van der Waals surface area (Å²) in [5.41, 5.74) is 3.62. The molecule has 6 heteroatoms. The van der Waals surface area contributed by atoms with Crippen LogP contribution >= 0.6 is 0 Å². The first-order chi connectivity index (χ1) is 12.7. The number of fused-ring (bicyclic) bond motifs is 1. The van der Waals surface area contributed by atoms with Gasteiger partial charge in [0.1, 0.15) is 0 Å². The molecule has 0 aliphatic heterocycles. The van der Waals surface area contributed by atoms with Gasteiger partial charge in [-0.1, -0.05) is 0 Å². The second-order valence-electron chi connectivity index (χ2n) is 5.56. The third kappa shape index (κ3) is 3.01. The lowest BCUT2D eigenvalue weighted by Gasteiger charge is -2.06. The molecule has 2 aromatic heterocycles. The average Bonchev–Trinajstić information content (AvgIpc) is 3.13. The Morgan fingerprint density at radius 1 is 1.04 bits per heavy atom. The van der Waals surface area contributed by atoms with Crippen LogP contribution in [0.2, 0.25) is 0 Å². The highest BCUT2D eigenvalue weighted by Crippen LogP contribution is 2.24. The number of nitriles is 1. The maximum atomic E-state index is 12.3. The highest BCUT2D eigenvalue weighted by molar-refractivity contribution is 6.04. The topological polar surface area (TPSA) is 91.8 Å². The number of nitrogens with one attached hydrogen (secondary N) is 1. The monoisotopic (exact) mass is 340 g/mol. The van der Waals surface area contributed by atoms with E-state index in [-0.39, 0.29) is 5.91 Å². The van der Waals surface area contributed by atoms with Crippen LogP contribution in [0.15, 0.2) is 71.3 Å². The second-order valence-corrected chi connectivity index (χ2v) is 5.56. The van der Waals surface area contributed by atoms with Crippen molar-refractivity contribution >= 4 is 22.8 Å². The molecule has 26 heavy (non-hydrogen) atoms. The van der Waals surface area contributed by atoms with Crippen LogP contribution in [-0.4, -0.2) is 15.9 Å². The molecule has 0 bridgehead atoms. The fraction of sp³-hybridized carbons (Fsp3) is 0. The maximum Gasteiger partial charge on any atom is 0.255 e. The van der Waals surface area contributed by atoms with Gasteiger partial charge in [0.15, 0.2) is 11.2 Å². The number of aromatic nitrogens is 2. The number of oxazole rings is 1. The number of carbonyl (C=O) groups is 1. The van der Waals surface area contributed by atoms with Crippen LogP contribution in [0.3, 0.4) is 0 Å². The lowest BCUT2D eigenvalue weighted by molar-refractivity contribution is 0.102. The van der Waals surface area contributed by atoms with E-state index < -0.39 is 0 Å². The molecule has 4 aromatic rings. The van der Waals surface area contributed by atoms with E-state index in [0.29, 0.717) is 33.9 Å². The molecule has 0 atom stereocenters. The van der Waals surface area contributed by atoms with Gasteiger partial charge in [0.2, 0.25) is 5.89 Å². The highest BCUT2D eigenvalue weighted by atomic mass is 16.3. The summed E-state index contributed by atoms with van der Waals surface area (Å²) in [7, 11) is 0. The summed E-state index contributed by atoms with van der Waals surface area (Å²) in [4.78, 5) is 20.7. The van der Waals surface area contributed by atoms with Crippen molar-refractivity contribution in [3.05, 3.63) is 78.0 Å². The third-order valence-corrected chi connectivity index (χ3v) is 3.83. The molecular formula is C20H12N4O2. The van der Waals surface area contributed by atoms with Gasteiger partial charge >= 0.3 is 0 Å². The Hall–Kier alpha value is -3.98.